The normalized spacial score (nSPS) is 19.0. The standard InChI is InChI=1S/C18H15BFN3O4/c1-10(24)21-16(26)18(2)17(27)22(15(25)14-4-3-7-23(14)18)9-11-5-6-12(19)8-13(11)20/h3-8H,9H2,1-2H3,(H,21,24,26)/t18-/m1/s1. The number of nitrogens with one attached hydrogen (secondary N) is 1. The van der Waals surface area contributed by atoms with Crippen LogP contribution in [-0.4, -0.2) is 40.9 Å². The summed E-state index contributed by atoms with van der Waals surface area (Å²) in [4.78, 5) is 50.6. The van der Waals surface area contributed by atoms with E-state index in [0.29, 0.717) is 0 Å². The number of amides is 4. The molecule has 136 valence electrons. The van der Waals surface area contributed by atoms with Crippen molar-refractivity contribution < 1.29 is 23.6 Å². The Morgan fingerprint density at radius 2 is 1.96 bits per heavy atom. The lowest BCUT2D eigenvalue weighted by Crippen LogP contribution is -2.62. The first-order chi connectivity index (χ1) is 12.7. The first-order valence-electron chi connectivity index (χ1n) is 8.06. The van der Waals surface area contributed by atoms with Gasteiger partial charge >= 0.3 is 0 Å². The lowest BCUT2D eigenvalue weighted by molar-refractivity contribution is -0.148. The molecule has 27 heavy (non-hydrogen) atoms. The van der Waals surface area contributed by atoms with Crippen LogP contribution in [0.25, 0.3) is 0 Å². The molecule has 1 aromatic carbocycles. The maximum absolute atomic E-state index is 14.2. The minimum atomic E-state index is -1.87. The molecule has 9 heteroatoms. The number of nitrogens with zero attached hydrogens (tertiary/aromatic N) is 2. The Bertz CT molecular complexity index is 987. The predicted molar refractivity (Wildman–Crippen MR) is 93.6 cm³/mol. The summed E-state index contributed by atoms with van der Waals surface area (Å²) >= 11 is 0. The summed E-state index contributed by atoms with van der Waals surface area (Å²) in [6.45, 7) is 2.06. The third kappa shape index (κ3) is 2.94. The van der Waals surface area contributed by atoms with Gasteiger partial charge in [0, 0.05) is 18.7 Å². The van der Waals surface area contributed by atoms with Crippen molar-refractivity contribution in [1.82, 2.24) is 14.8 Å². The van der Waals surface area contributed by atoms with Crippen LogP contribution in [0.15, 0.2) is 36.5 Å². The van der Waals surface area contributed by atoms with Gasteiger partial charge in [-0.05, 0) is 25.1 Å². The smallest absolute Gasteiger partial charge is 0.277 e. The summed E-state index contributed by atoms with van der Waals surface area (Å²) in [5.41, 5.74) is -1.53. The molecule has 3 rings (SSSR count). The van der Waals surface area contributed by atoms with Crippen LogP contribution in [0.5, 0.6) is 0 Å². The summed E-state index contributed by atoms with van der Waals surface area (Å²) in [6.07, 6.45) is 1.41. The molecule has 0 saturated carbocycles. The molecule has 0 aliphatic carbocycles. The van der Waals surface area contributed by atoms with Gasteiger partial charge in [-0.15, -0.1) is 0 Å². The highest BCUT2D eigenvalue weighted by molar-refractivity contribution is 6.32. The monoisotopic (exact) mass is 367 g/mol. The van der Waals surface area contributed by atoms with E-state index < -0.39 is 35.0 Å². The minimum Gasteiger partial charge on any atom is -0.321 e. The molecule has 0 spiro atoms. The molecule has 7 nitrogen and oxygen atoms in total. The summed E-state index contributed by atoms with van der Waals surface area (Å²) in [6, 6.07) is 6.85. The van der Waals surface area contributed by atoms with Gasteiger partial charge in [-0.2, -0.15) is 0 Å². The molecule has 0 bridgehead atoms. The van der Waals surface area contributed by atoms with E-state index in [-0.39, 0.29) is 23.3 Å². The van der Waals surface area contributed by atoms with Crippen molar-refractivity contribution in [3.8, 4) is 0 Å². The van der Waals surface area contributed by atoms with Gasteiger partial charge in [0.1, 0.15) is 19.4 Å². The minimum absolute atomic E-state index is 0.0697. The van der Waals surface area contributed by atoms with Crippen LogP contribution in [0.1, 0.15) is 29.9 Å². The van der Waals surface area contributed by atoms with Crippen molar-refractivity contribution >= 4 is 36.9 Å². The lowest BCUT2D eigenvalue weighted by Gasteiger charge is -2.38. The number of halogens is 1. The second kappa shape index (κ2) is 6.50. The number of aromatic nitrogens is 1. The molecular weight excluding hydrogens is 352 g/mol. The first kappa shape index (κ1) is 18.6. The van der Waals surface area contributed by atoms with E-state index in [1.165, 1.54) is 42.0 Å². The number of hydrogen-bond acceptors (Lipinski definition) is 4. The largest absolute Gasteiger partial charge is 0.321 e. The fraction of sp³-hybridized carbons (Fsp3) is 0.222. The number of hydrogen-bond donors (Lipinski definition) is 1. The molecule has 0 unspecified atom stereocenters. The molecular formula is C18H15BFN3O4. The van der Waals surface area contributed by atoms with Crippen LogP contribution >= 0.6 is 0 Å². The van der Waals surface area contributed by atoms with Crippen LogP contribution in [0.4, 0.5) is 4.39 Å². The zero-order chi connectivity index (χ0) is 19.9. The van der Waals surface area contributed by atoms with Crippen molar-refractivity contribution in [3.63, 3.8) is 0 Å². The molecule has 4 amide bonds. The highest BCUT2D eigenvalue weighted by Gasteiger charge is 2.52. The molecule has 1 aromatic heterocycles. The Morgan fingerprint density at radius 1 is 1.26 bits per heavy atom. The molecule has 2 aromatic rings. The van der Waals surface area contributed by atoms with Crippen LogP contribution in [0.3, 0.4) is 0 Å². The van der Waals surface area contributed by atoms with Crippen LogP contribution < -0.4 is 10.8 Å². The van der Waals surface area contributed by atoms with Crippen LogP contribution in [-0.2, 0) is 26.5 Å². The van der Waals surface area contributed by atoms with Gasteiger partial charge in [-0.1, -0.05) is 17.6 Å². The van der Waals surface area contributed by atoms with Gasteiger partial charge in [-0.25, -0.2) is 4.39 Å². The summed E-state index contributed by atoms with van der Waals surface area (Å²) in [7, 11) is 5.52. The third-order valence-electron chi connectivity index (χ3n) is 4.49. The van der Waals surface area contributed by atoms with E-state index in [1.54, 1.807) is 0 Å². The molecule has 1 aliphatic rings. The second-order valence-corrected chi connectivity index (χ2v) is 6.39. The maximum Gasteiger partial charge on any atom is 0.277 e. The van der Waals surface area contributed by atoms with Crippen molar-refractivity contribution in [3.05, 3.63) is 53.6 Å². The van der Waals surface area contributed by atoms with E-state index in [2.05, 4.69) is 5.32 Å². The fourth-order valence-corrected chi connectivity index (χ4v) is 3.04. The number of benzene rings is 1. The van der Waals surface area contributed by atoms with Gasteiger partial charge in [0.15, 0.2) is 0 Å². The molecule has 0 saturated heterocycles. The number of fused-ring (bicyclic) bond motifs is 1. The quantitative estimate of drug-likeness (QED) is 0.469. The summed E-state index contributed by atoms with van der Waals surface area (Å²) in [5.74, 6) is -3.74. The highest BCUT2D eigenvalue weighted by Crippen LogP contribution is 2.30. The van der Waals surface area contributed by atoms with Crippen LogP contribution in [0.2, 0.25) is 0 Å². The first-order valence-corrected chi connectivity index (χ1v) is 8.06. The van der Waals surface area contributed by atoms with Gasteiger partial charge < -0.3 is 4.57 Å². The molecule has 1 N–H and O–H groups in total. The SMILES string of the molecule is [B]c1ccc(CN2C(=O)c3cccn3[C@](C)(C(=O)NC(C)=O)C2=O)c(F)c1. The predicted octanol–water partition coefficient (Wildman–Crippen LogP) is -0.0185. The highest BCUT2D eigenvalue weighted by atomic mass is 19.1. The van der Waals surface area contributed by atoms with E-state index in [9.17, 15) is 23.6 Å². The van der Waals surface area contributed by atoms with E-state index in [4.69, 9.17) is 7.85 Å². The lowest BCUT2D eigenvalue weighted by atomic mass is 9.93. The Hall–Kier alpha value is -3.23. The van der Waals surface area contributed by atoms with E-state index in [0.717, 1.165) is 17.9 Å². The molecule has 1 aliphatic heterocycles. The Kier molecular flexibility index (Phi) is 4.47. The summed E-state index contributed by atoms with van der Waals surface area (Å²) in [5, 5.41) is 2.08. The van der Waals surface area contributed by atoms with Gasteiger partial charge in [0.2, 0.25) is 11.4 Å². The molecule has 2 heterocycles. The van der Waals surface area contributed by atoms with Crippen molar-refractivity contribution in [2.45, 2.75) is 25.9 Å². The van der Waals surface area contributed by atoms with Crippen LogP contribution in [0, 0.1) is 5.82 Å². The molecule has 0 fully saturated rings. The number of carbonyl (C=O) groups excluding carboxylic acids is 4. The fourth-order valence-electron chi connectivity index (χ4n) is 3.04. The van der Waals surface area contributed by atoms with Gasteiger partial charge in [-0.3, -0.25) is 29.4 Å². The number of carbonyl (C=O) groups is 4. The van der Waals surface area contributed by atoms with Crippen molar-refractivity contribution in [2.24, 2.45) is 0 Å². The second-order valence-electron chi connectivity index (χ2n) is 6.39. The molecule has 1 atom stereocenters. The zero-order valence-electron chi connectivity index (χ0n) is 14.7. The average molecular weight is 367 g/mol. The Morgan fingerprint density at radius 3 is 2.59 bits per heavy atom. The molecule has 2 radical (unpaired) electrons. The van der Waals surface area contributed by atoms with Gasteiger partial charge in [0.05, 0.1) is 6.54 Å². The van der Waals surface area contributed by atoms with Gasteiger partial charge in [0.25, 0.3) is 17.7 Å². The Balaban J connectivity index is 2.06. The van der Waals surface area contributed by atoms with E-state index in [1.807, 2.05) is 0 Å². The topological polar surface area (TPSA) is 88.5 Å². The van der Waals surface area contributed by atoms with Crippen molar-refractivity contribution in [2.75, 3.05) is 0 Å². The Labute approximate surface area is 155 Å². The van der Waals surface area contributed by atoms with E-state index >= 15 is 0 Å². The third-order valence-corrected chi connectivity index (χ3v) is 4.49. The number of rotatable bonds is 3. The zero-order valence-corrected chi connectivity index (χ0v) is 14.7. The number of imide groups is 2. The van der Waals surface area contributed by atoms with Crippen molar-refractivity contribution in [1.29, 1.82) is 0 Å². The average Bonchev–Trinajstić information content (AvgIpc) is 3.08. The maximum atomic E-state index is 14.2. The summed E-state index contributed by atoms with van der Waals surface area (Å²) < 4.78 is 15.4.